The van der Waals surface area contributed by atoms with Gasteiger partial charge in [0.25, 0.3) is 0 Å². The first-order valence-corrected chi connectivity index (χ1v) is 13.2. The van der Waals surface area contributed by atoms with Crippen LogP contribution in [0.15, 0.2) is 42.5 Å². The number of hydrogen-bond donors (Lipinski definition) is 3. The zero-order chi connectivity index (χ0) is 27.4. The van der Waals surface area contributed by atoms with Crippen molar-refractivity contribution < 1.29 is 29.3 Å². The highest BCUT2D eigenvalue weighted by Gasteiger charge is 2.32. The largest absolute Gasteiger partial charge is 0.488 e. The Balaban J connectivity index is 1.56. The third-order valence-electron chi connectivity index (χ3n) is 7.28. The van der Waals surface area contributed by atoms with Gasteiger partial charge in [0, 0.05) is 42.7 Å². The molecular formula is C29H37N3O6. The molecule has 1 fully saturated rings. The summed E-state index contributed by atoms with van der Waals surface area (Å²) < 4.78 is 6.54. The maximum Gasteiger partial charge on any atom is 0.335 e. The maximum atomic E-state index is 13.3. The first-order chi connectivity index (χ1) is 18.1. The Kier molecular flexibility index (Phi) is 8.69. The number of nitrogens with zero attached hydrogens (tertiary/aromatic N) is 2. The molecular weight excluding hydrogens is 486 g/mol. The van der Waals surface area contributed by atoms with Crippen LogP contribution in [0.4, 0.5) is 5.69 Å². The molecule has 0 bridgehead atoms. The van der Waals surface area contributed by atoms with E-state index in [0.29, 0.717) is 36.6 Å². The van der Waals surface area contributed by atoms with Gasteiger partial charge in [-0.25, -0.2) is 4.79 Å². The Morgan fingerprint density at radius 2 is 1.89 bits per heavy atom. The van der Waals surface area contributed by atoms with E-state index in [9.17, 15) is 19.5 Å². The Morgan fingerprint density at radius 1 is 1.18 bits per heavy atom. The zero-order valence-corrected chi connectivity index (χ0v) is 22.2. The van der Waals surface area contributed by atoms with Crippen molar-refractivity contribution in [1.82, 2.24) is 9.80 Å². The number of carboxylic acids is 1. The molecule has 1 heterocycles. The molecule has 3 atom stereocenters. The Hall–Kier alpha value is -3.43. The number of carbonyl (C=O) groups is 3. The number of likely N-dealkylation sites (N-methyl/N-ethyl adjacent to an activating group) is 1. The fourth-order valence-corrected chi connectivity index (χ4v) is 4.75. The van der Waals surface area contributed by atoms with Crippen LogP contribution in [0.5, 0.6) is 5.75 Å². The van der Waals surface area contributed by atoms with Gasteiger partial charge in [-0.2, -0.15) is 0 Å². The highest BCUT2D eigenvalue weighted by Crippen LogP contribution is 2.32. The fraction of sp³-hybridized carbons (Fsp3) is 0.483. The van der Waals surface area contributed by atoms with Crippen LogP contribution in [0.3, 0.4) is 0 Å². The number of anilines is 1. The monoisotopic (exact) mass is 523 g/mol. The summed E-state index contributed by atoms with van der Waals surface area (Å²) in [6.07, 6.45) is 1.66. The van der Waals surface area contributed by atoms with Crippen molar-refractivity contribution in [2.75, 3.05) is 32.1 Å². The van der Waals surface area contributed by atoms with Gasteiger partial charge in [-0.15, -0.1) is 0 Å². The van der Waals surface area contributed by atoms with Crippen molar-refractivity contribution in [3.8, 4) is 5.75 Å². The second-order valence-electron chi connectivity index (χ2n) is 10.7. The number of rotatable bonds is 9. The van der Waals surface area contributed by atoms with Crippen molar-refractivity contribution in [2.24, 2.45) is 11.8 Å². The summed E-state index contributed by atoms with van der Waals surface area (Å²) in [5.74, 6) is -0.410. The van der Waals surface area contributed by atoms with Crippen molar-refractivity contribution in [1.29, 1.82) is 0 Å². The molecule has 2 aromatic carbocycles. The number of aromatic carboxylic acids is 1. The van der Waals surface area contributed by atoms with E-state index in [0.717, 1.165) is 18.4 Å². The minimum atomic E-state index is -0.956. The minimum absolute atomic E-state index is 0.000279. The molecule has 9 heteroatoms. The third-order valence-corrected chi connectivity index (χ3v) is 7.28. The van der Waals surface area contributed by atoms with Crippen molar-refractivity contribution in [2.45, 2.75) is 51.8 Å². The first-order valence-electron chi connectivity index (χ1n) is 13.2. The van der Waals surface area contributed by atoms with Crippen LogP contribution in [0.25, 0.3) is 0 Å². The lowest BCUT2D eigenvalue weighted by molar-refractivity contribution is -0.134. The van der Waals surface area contributed by atoms with E-state index in [1.54, 1.807) is 17.0 Å². The summed E-state index contributed by atoms with van der Waals surface area (Å²) in [6.45, 7) is 5.34. The number of nitrogens with one attached hydrogen (secondary N) is 1. The van der Waals surface area contributed by atoms with Gasteiger partial charge in [0.15, 0.2) is 0 Å². The summed E-state index contributed by atoms with van der Waals surface area (Å²) in [5, 5.41) is 21.9. The molecule has 0 unspecified atom stereocenters. The van der Waals surface area contributed by atoms with E-state index in [4.69, 9.17) is 9.84 Å². The molecule has 0 saturated heterocycles. The lowest BCUT2D eigenvalue weighted by Crippen LogP contribution is -2.47. The summed E-state index contributed by atoms with van der Waals surface area (Å²) in [7, 11) is 1.98. The summed E-state index contributed by atoms with van der Waals surface area (Å²) >= 11 is 0. The number of fused-ring (bicyclic) bond motifs is 1. The van der Waals surface area contributed by atoms with Gasteiger partial charge in [-0.1, -0.05) is 19.1 Å². The Morgan fingerprint density at radius 3 is 2.53 bits per heavy atom. The molecule has 2 aliphatic rings. The van der Waals surface area contributed by atoms with Gasteiger partial charge in [0.05, 0.1) is 24.6 Å². The zero-order valence-electron chi connectivity index (χ0n) is 22.2. The number of ether oxygens (including phenoxy) is 1. The molecule has 9 nitrogen and oxygen atoms in total. The number of carboxylic acid groups (broad SMARTS) is 1. The molecule has 1 aliphatic heterocycles. The summed E-state index contributed by atoms with van der Waals surface area (Å²) in [4.78, 5) is 40.6. The number of carbonyl (C=O) groups excluding carboxylic acids is 2. The first kappa shape index (κ1) is 27.6. The third kappa shape index (κ3) is 6.90. The van der Waals surface area contributed by atoms with E-state index in [1.807, 2.05) is 51.2 Å². The highest BCUT2D eigenvalue weighted by molar-refractivity contribution is 5.94. The smallest absolute Gasteiger partial charge is 0.335 e. The molecule has 4 rings (SSSR count). The number of hydrogen-bond acceptors (Lipinski definition) is 6. The molecule has 2 amide bonds. The average molecular weight is 524 g/mol. The molecule has 0 aromatic heterocycles. The number of aliphatic hydroxyl groups is 1. The summed E-state index contributed by atoms with van der Waals surface area (Å²) in [5.41, 5.74) is 2.57. The van der Waals surface area contributed by atoms with Crippen LogP contribution in [0.1, 0.15) is 48.2 Å². The van der Waals surface area contributed by atoms with E-state index in [2.05, 4.69) is 10.2 Å². The predicted octanol–water partition coefficient (Wildman–Crippen LogP) is 3.01. The van der Waals surface area contributed by atoms with E-state index < -0.39 is 5.97 Å². The molecule has 0 radical (unpaired) electrons. The van der Waals surface area contributed by atoms with Gasteiger partial charge < -0.3 is 25.2 Å². The van der Waals surface area contributed by atoms with Crippen molar-refractivity contribution in [3.63, 3.8) is 0 Å². The van der Waals surface area contributed by atoms with E-state index in [-0.39, 0.29) is 54.4 Å². The minimum Gasteiger partial charge on any atom is -0.488 e. The highest BCUT2D eigenvalue weighted by atomic mass is 16.5. The lowest BCUT2D eigenvalue weighted by Gasteiger charge is -2.34. The standard InChI is InChI=1S/C29H37N3O6/c1-18-14-32(19(2)17-33)27(34)13-23-12-24(30-28(35)21-8-9-21)10-11-25(23)38-26(18)16-31(3)15-20-4-6-22(7-5-20)29(36)37/h4-7,10-12,18-19,21,26,33H,8-9,13-17H2,1-3H3,(H,30,35)(H,36,37)/t18-,19-,26-/m1/s1. The fourth-order valence-electron chi connectivity index (χ4n) is 4.75. The van der Waals surface area contributed by atoms with Gasteiger partial charge in [-0.05, 0) is 62.7 Å². The van der Waals surface area contributed by atoms with E-state index in [1.165, 1.54) is 0 Å². The molecule has 2 aromatic rings. The second-order valence-corrected chi connectivity index (χ2v) is 10.7. The van der Waals surface area contributed by atoms with Crippen LogP contribution in [0, 0.1) is 11.8 Å². The average Bonchev–Trinajstić information content (AvgIpc) is 3.73. The van der Waals surface area contributed by atoms with Crippen LogP contribution >= 0.6 is 0 Å². The van der Waals surface area contributed by atoms with Gasteiger partial charge in [0.1, 0.15) is 11.9 Å². The van der Waals surface area contributed by atoms with Crippen molar-refractivity contribution in [3.05, 3.63) is 59.2 Å². The Bertz CT molecular complexity index is 1160. The normalized spacial score (nSPS) is 20.6. The van der Waals surface area contributed by atoms with Crippen molar-refractivity contribution >= 4 is 23.5 Å². The Labute approximate surface area is 223 Å². The SMILES string of the molecule is C[C@@H]1CN([C@H](C)CO)C(=O)Cc2cc(NC(=O)C3CC3)ccc2O[C@@H]1CN(C)Cc1ccc(C(=O)O)cc1. The quantitative estimate of drug-likeness (QED) is 0.462. The second kappa shape index (κ2) is 12.0. The number of aliphatic hydroxyl groups excluding tert-OH is 1. The molecule has 38 heavy (non-hydrogen) atoms. The van der Waals surface area contributed by atoms with E-state index >= 15 is 0 Å². The molecule has 3 N–H and O–H groups in total. The number of benzene rings is 2. The topological polar surface area (TPSA) is 119 Å². The summed E-state index contributed by atoms with van der Waals surface area (Å²) in [6, 6.07) is 11.9. The van der Waals surface area contributed by atoms with Crippen LogP contribution in [-0.2, 0) is 22.6 Å². The van der Waals surface area contributed by atoms with Gasteiger partial charge in [-0.3, -0.25) is 14.5 Å². The van der Waals surface area contributed by atoms with Gasteiger partial charge in [0.2, 0.25) is 11.8 Å². The van der Waals surface area contributed by atoms with Crippen LogP contribution in [0.2, 0.25) is 0 Å². The predicted molar refractivity (Wildman–Crippen MR) is 143 cm³/mol. The molecule has 204 valence electrons. The molecule has 1 aliphatic carbocycles. The molecule has 0 spiro atoms. The van der Waals surface area contributed by atoms with Gasteiger partial charge >= 0.3 is 5.97 Å². The lowest BCUT2D eigenvalue weighted by atomic mass is 10.0. The van der Waals surface area contributed by atoms with Crippen LogP contribution < -0.4 is 10.1 Å². The maximum absolute atomic E-state index is 13.3. The molecule has 1 saturated carbocycles. The number of amides is 2. The van der Waals surface area contributed by atoms with Crippen LogP contribution in [-0.4, -0.2) is 76.7 Å².